The normalized spacial score (nSPS) is 12.2. The molecule has 1 aromatic heterocycles. The number of pyridine rings is 1. The number of nitrogens with zero attached hydrogens (tertiary/aromatic N) is 1. The van der Waals surface area contributed by atoms with Crippen LogP contribution in [-0.2, 0) is 6.42 Å². The van der Waals surface area contributed by atoms with Gasteiger partial charge in [-0.05, 0) is 49.6 Å². The van der Waals surface area contributed by atoms with E-state index in [1.807, 2.05) is 13.0 Å². The summed E-state index contributed by atoms with van der Waals surface area (Å²) in [4.78, 5) is 4.29. The Morgan fingerprint density at radius 1 is 1.38 bits per heavy atom. The quantitative estimate of drug-likeness (QED) is 0.898. The Morgan fingerprint density at radius 2 is 2.14 bits per heavy atom. The van der Waals surface area contributed by atoms with Crippen molar-refractivity contribution in [1.29, 1.82) is 0 Å². The van der Waals surface area contributed by atoms with E-state index in [0.717, 1.165) is 24.0 Å². The van der Waals surface area contributed by atoms with Crippen molar-refractivity contribution in [3.63, 3.8) is 0 Å². The van der Waals surface area contributed by atoms with Gasteiger partial charge in [-0.3, -0.25) is 0 Å². The zero-order valence-corrected chi connectivity index (χ0v) is 12.8. The summed E-state index contributed by atoms with van der Waals surface area (Å²) in [5, 5.41) is 0.216. The van der Waals surface area contributed by atoms with E-state index >= 15 is 0 Å². The Kier molecular flexibility index (Phi) is 5.15. The van der Waals surface area contributed by atoms with Crippen LogP contribution in [0.1, 0.15) is 24.5 Å². The zero-order chi connectivity index (χ0) is 15.4. The second-order valence-corrected chi connectivity index (χ2v) is 5.42. The van der Waals surface area contributed by atoms with Crippen LogP contribution in [0, 0.1) is 12.7 Å². The van der Waals surface area contributed by atoms with Crippen molar-refractivity contribution in [3.8, 4) is 11.6 Å². The molecule has 5 heteroatoms. The Balaban J connectivity index is 2.17. The van der Waals surface area contributed by atoms with Crippen LogP contribution >= 0.6 is 11.6 Å². The lowest BCUT2D eigenvalue weighted by molar-refractivity contribution is 0.457. The molecular formula is C16H18ClFN2O. The minimum Gasteiger partial charge on any atom is -0.437 e. The molecule has 0 amide bonds. The van der Waals surface area contributed by atoms with Crippen molar-refractivity contribution >= 4 is 11.6 Å². The van der Waals surface area contributed by atoms with Gasteiger partial charge in [0.1, 0.15) is 11.6 Å². The second-order valence-electron chi connectivity index (χ2n) is 5.01. The molecule has 0 saturated heterocycles. The highest BCUT2D eigenvalue weighted by molar-refractivity contribution is 6.32. The first-order valence-electron chi connectivity index (χ1n) is 6.83. The minimum atomic E-state index is -0.402. The molecule has 0 aliphatic heterocycles. The molecule has 1 atom stereocenters. The predicted octanol–water partition coefficient (Wildman–Crippen LogP) is 4.25. The van der Waals surface area contributed by atoms with Gasteiger partial charge >= 0.3 is 0 Å². The fourth-order valence-corrected chi connectivity index (χ4v) is 2.15. The maximum Gasteiger partial charge on any atom is 0.222 e. The number of nitrogens with two attached hydrogens (primary N) is 1. The largest absolute Gasteiger partial charge is 0.437 e. The molecule has 1 unspecified atom stereocenters. The summed E-state index contributed by atoms with van der Waals surface area (Å²) in [6, 6.07) is 6.12. The maximum absolute atomic E-state index is 13.0. The summed E-state index contributed by atoms with van der Waals surface area (Å²) in [7, 11) is 0. The molecule has 3 nitrogen and oxygen atoms in total. The second kappa shape index (κ2) is 6.87. The molecule has 112 valence electrons. The van der Waals surface area contributed by atoms with Gasteiger partial charge in [-0.1, -0.05) is 18.5 Å². The van der Waals surface area contributed by atoms with Crippen molar-refractivity contribution in [2.45, 2.75) is 32.7 Å². The number of aromatic nitrogens is 1. The van der Waals surface area contributed by atoms with Crippen LogP contribution in [0.2, 0.25) is 5.02 Å². The third kappa shape index (κ3) is 4.16. The summed E-state index contributed by atoms with van der Waals surface area (Å²) in [6.07, 6.45) is 3.44. The number of aryl methyl sites for hydroxylation is 1. The number of halogens is 2. The first-order valence-corrected chi connectivity index (χ1v) is 7.21. The van der Waals surface area contributed by atoms with E-state index < -0.39 is 5.82 Å². The lowest BCUT2D eigenvalue weighted by Crippen LogP contribution is -2.21. The van der Waals surface area contributed by atoms with E-state index in [2.05, 4.69) is 11.9 Å². The summed E-state index contributed by atoms with van der Waals surface area (Å²) >= 11 is 5.94. The lowest BCUT2D eigenvalue weighted by Gasteiger charge is -2.12. The van der Waals surface area contributed by atoms with Crippen LogP contribution < -0.4 is 10.5 Å². The molecule has 0 aliphatic carbocycles. The summed E-state index contributed by atoms with van der Waals surface area (Å²) in [6.45, 7) is 3.96. The first kappa shape index (κ1) is 15.7. The standard InChI is InChI=1S/C16H18ClFN2O/c1-3-13(19)7-11-6-10(2)16(20-9-11)21-15-5-4-12(18)8-14(15)17/h4-6,8-9,13H,3,7,19H2,1-2H3. The van der Waals surface area contributed by atoms with Gasteiger partial charge in [0.25, 0.3) is 0 Å². The Morgan fingerprint density at radius 3 is 2.76 bits per heavy atom. The number of rotatable bonds is 5. The van der Waals surface area contributed by atoms with Crippen LogP contribution in [0.3, 0.4) is 0 Å². The fourth-order valence-electron chi connectivity index (χ4n) is 1.95. The third-order valence-corrected chi connectivity index (χ3v) is 3.51. The molecule has 0 bridgehead atoms. The topological polar surface area (TPSA) is 48.1 Å². The predicted molar refractivity (Wildman–Crippen MR) is 82.4 cm³/mol. The number of hydrogen-bond acceptors (Lipinski definition) is 3. The van der Waals surface area contributed by atoms with Crippen molar-refractivity contribution in [3.05, 3.63) is 52.4 Å². The van der Waals surface area contributed by atoms with Crippen LogP contribution in [0.15, 0.2) is 30.5 Å². The van der Waals surface area contributed by atoms with E-state index in [1.165, 1.54) is 18.2 Å². The molecule has 0 fully saturated rings. The van der Waals surface area contributed by atoms with Gasteiger partial charge in [-0.2, -0.15) is 0 Å². The van der Waals surface area contributed by atoms with E-state index in [-0.39, 0.29) is 11.1 Å². The van der Waals surface area contributed by atoms with Gasteiger partial charge in [0.15, 0.2) is 0 Å². The van der Waals surface area contributed by atoms with E-state index in [0.29, 0.717) is 11.6 Å². The molecule has 1 heterocycles. The minimum absolute atomic E-state index is 0.129. The van der Waals surface area contributed by atoms with Gasteiger partial charge in [-0.15, -0.1) is 0 Å². The zero-order valence-electron chi connectivity index (χ0n) is 12.1. The molecular weight excluding hydrogens is 291 g/mol. The average Bonchev–Trinajstić information content (AvgIpc) is 2.44. The van der Waals surface area contributed by atoms with Crippen molar-refractivity contribution in [2.24, 2.45) is 5.73 Å². The highest BCUT2D eigenvalue weighted by atomic mass is 35.5. The summed E-state index contributed by atoms with van der Waals surface area (Å²) < 4.78 is 18.6. The van der Waals surface area contributed by atoms with E-state index in [4.69, 9.17) is 22.1 Å². The van der Waals surface area contributed by atoms with Crippen molar-refractivity contribution in [1.82, 2.24) is 4.98 Å². The average molecular weight is 309 g/mol. The highest BCUT2D eigenvalue weighted by Crippen LogP contribution is 2.30. The molecule has 0 saturated carbocycles. The fraction of sp³-hybridized carbons (Fsp3) is 0.312. The molecule has 2 aromatic rings. The number of hydrogen-bond donors (Lipinski definition) is 1. The summed E-state index contributed by atoms with van der Waals surface area (Å²) in [5.74, 6) is 0.435. The molecule has 2 rings (SSSR count). The molecule has 0 spiro atoms. The molecule has 1 aromatic carbocycles. The van der Waals surface area contributed by atoms with Gasteiger partial charge in [0.2, 0.25) is 5.88 Å². The van der Waals surface area contributed by atoms with E-state index in [9.17, 15) is 4.39 Å². The van der Waals surface area contributed by atoms with Crippen molar-refractivity contribution in [2.75, 3.05) is 0 Å². The van der Waals surface area contributed by atoms with Crippen LogP contribution in [0.25, 0.3) is 0 Å². The van der Waals surface area contributed by atoms with Gasteiger partial charge in [0, 0.05) is 17.8 Å². The first-order chi connectivity index (χ1) is 9.99. The number of ether oxygens (including phenoxy) is 1. The third-order valence-electron chi connectivity index (χ3n) is 3.21. The van der Waals surface area contributed by atoms with Crippen LogP contribution in [-0.4, -0.2) is 11.0 Å². The van der Waals surface area contributed by atoms with Crippen molar-refractivity contribution < 1.29 is 9.13 Å². The van der Waals surface area contributed by atoms with Crippen LogP contribution in [0.5, 0.6) is 11.6 Å². The van der Waals surface area contributed by atoms with Gasteiger partial charge in [-0.25, -0.2) is 9.37 Å². The lowest BCUT2D eigenvalue weighted by atomic mass is 10.1. The van der Waals surface area contributed by atoms with Crippen LogP contribution in [0.4, 0.5) is 4.39 Å². The van der Waals surface area contributed by atoms with E-state index in [1.54, 1.807) is 6.20 Å². The number of benzene rings is 1. The Bertz CT molecular complexity index is 634. The molecule has 21 heavy (non-hydrogen) atoms. The Hall–Kier alpha value is -1.65. The Labute approximate surface area is 128 Å². The van der Waals surface area contributed by atoms with Gasteiger partial charge in [0.05, 0.1) is 5.02 Å². The smallest absolute Gasteiger partial charge is 0.222 e. The maximum atomic E-state index is 13.0. The molecule has 0 radical (unpaired) electrons. The summed E-state index contributed by atoms with van der Waals surface area (Å²) in [5.41, 5.74) is 7.89. The monoisotopic (exact) mass is 308 g/mol. The molecule has 0 aliphatic rings. The van der Waals surface area contributed by atoms with Gasteiger partial charge < -0.3 is 10.5 Å². The highest BCUT2D eigenvalue weighted by Gasteiger charge is 2.10. The SMILES string of the molecule is CCC(N)Cc1cnc(Oc2ccc(F)cc2Cl)c(C)c1. The molecule has 2 N–H and O–H groups in total.